The molecule has 148 valence electrons. The van der Waals surface area contributed by atoms with Crippen molar-refractivity contribution in [3.05, 3.63) is 28.7 Å². The summed E-state index contributed by atoms with van der Waals surface area (Å²) in [5, 5.41) is 2.02. The molecule has 8 nitrogen and oxygen atoms in total. The largest absolute Gasteiger partial charge is 0.370 e. The van der Waals surface area contributed by atoms with Gasteiger partial charge in [-0.05, 0) is 43.0 Å². The quantitative estimate of drug-likeness (QED) is 0.614. The highest BCUT2D eigenvalue weighted by molar-refractivity contribution is 6.64. The van der Waals surface area contributed by atoms with Gasteiger partial charge in [-0.3, -0.25) is 28.8 Å². The number of imidazole rings is 1. The van der Waals surface area contributed by atoms with E-state index in [-0.39, 0.29) is 29.2 Å². The summed E-state index contributed by atoms with van der Waals surface area (Å²) in [6.45, 7) is 1.33. The molecule has 1 aromatic carbocycles. The number of hydrogen-bond donors (Lipinski definition) is 1. The highest BCUT2D eigenvalue weighted by Crippen LogP contribution is 2.32. The van der Waals surface area contributed by atoms with E-state index in [2.05, 4.69) is 10.2 Å². The lowest BCUT2D eigenvalue weighted by Crippen LogP contribution is -2.44. The number of hydrogen-bond acceptors (Lipinski definition) is 5. The van der Waals surface area contributed by atoms with E-state index >= 15 is 0 Å². The van der Waals surface area contributed by atoms with Crippen molar-refractivity contribution >= 4 is 45.4 Å². The van der Waals surface area contributed by atoms with Crippen molar-refractivity contribution < 1.29 is 14.4 Å². The number of aromatic nitrogens is 2. The first kappa shape index (κ1) is 18.7. The molecule has 28 heavy (non-hydrogen) atoms. The lowest BCUT2D eigenvalue weighted by molar-refractivity contribution is -0.135. The molecule has 1 aromatic heterocycles. The van der Waals surface area contributed by atoms with Crippen LogP contribution in [-0.4, -0.2) is 39.3 Å². The topological polar surface area (TPSA) is 93.4 Å². The maximum absolute atomic E-state index is 13.0. The molecule has 0 aliphatic carbocycles. The third-order valence-corrected chi connectivity index (χ3v) is 6.07. The number of halogens is 1. The van der Waals surface area contributed by atoms with Crippen LogP contribution in [0.15, 0.2) is 23.0 Å². The van der Waals surface area contributed by atoms with Crippen LogP contribution in [0.3, 0.4) is 0 Å². The second-order valence-corrected chi connectivity index (χ2v) is 7.76. The third kappa shape index (κ3) is 3.01. The Hall–Kier alpha value is -2.61. The van der Waals surface area contributed by atoms with Crippen molar-refractivity contribution in [3.8, 4) is 0 Å². The minimum absolute atomic E-state index is 0.131. The van der Waals surface area contributed by atoms with Gasteiger partial charge >= 0.3 is 5.69 Å². The zero-order valence-corrected chi connectivity index (χ0v) is 16.2. The molecule has 9 heteroatoms. The minimum atomic E-state index is -0.705. The van der Waals surface area contributed by atoms with Gasteiger partial charge in [0.2, 0.25) is 17.1 Å². The SMILES string of the molecule is Cn1c(=O)n(C2CCC(=O)NC2=O)c2cccc(N3CCC(C(=O)Cl)CC3)c21. The van der Waals surface area contributed by atoms with Crippen LogP contribution < -0.4 is 15.9 Å². The summed E-state index contributed by atoms with van der Waals surface area (Å²) >= 11 is 5.64. The Morgan fingerprint density at radius 3 is 2.50 bits per heavy atom. The number of para-hydroxylation sites is 1. The molecular weight excluding hydrogens is 384 g/mol. The Morgan fingerprint density at radius 1 is 1.14 bits per heavy atom. The molecule has 1 N–H and O–H groups in total. The maximum Gasteiger partial charge on any atom is 0.329 e. The minimum Gasteiger partial charge on any atom is -0.370 e. The van der Waals surface area contributed by atoms with E-state index in [0.29, 0.717) is 37.9 Å². The first-order valence-electron chi connectivity index (χ1n) is 9.36. The summed E-state index contributed by atoms with van der Waals surface area (Å²) in [6, 6.07) is 4.92. The number of amides is 2. The number of nitrogens with one attached hydrogen (secondary N) is 1. The number of carbonyl (C=O) groups excluding carboxylic acids is 3. The van der Waals surface area contributed by atoms with Crippen LogP contribution in [0, 0.1) is 5.92 Å². The average Bonchev–Trinajstić information content (AvgIpc) is 2.93. The van der Waals surface area contributed by atoms with Crippen molar-refractivity contribution in [1.29, 1.82) is 0 Å². The van der Waals surface area contributed by atoms with Crippen LogP contribution in [0.2, 0.25) is 0 Å². The fourth-order valence-electron chi connectivity index (χ4n) is 4.25. The number of rotatable bonds is 3. The molecule has 0 radical (unpaired) electrons. The van der Waals surface area contributed by atoms with Crippen LogP contribution >= 0.6 is 11.6 Å². The van der Waals surface area contributed by atoms with Gasteiger partial charge in [0.15, 0.2) is 0 Å². The van der Waals surface area contributed by atoms with Gasteiger partial charge in [-0.2, -0.15) is 0 Å². The van der Waals surface area contributed by atoms with Gasteiger partial charge in [0.1, 0.15) is 6.04 Å². The van der Waals surface area contributed by atoms with E-state index in [0.717, 1.165) is 11.2 Å². The standard InChI is InChI=1S/C19H21ClN4O4/c1-22-16-12(23-9-7-11(8-10-23)17(20)26)3-2-4-13(16)24(19(22)28)14-5-6-15(25)21-18(14)27/h2-4,11,14H,5-10H2,1H3,(H,21,25,27). The van der Waals surface area contributed by atoms with E-state index in [4.69, 9.17) is 11.6 Å². The molecule has 1 atom stereocenters. The Morgan fingerprint density at radius 2 is 1.86 bits per heavy atom. The fraction of sp³-hybridized carbons (Fsp3) is 0.474. The van der Waals surface area contributed by atoms with Crippen LogP contribution in [0.1, 0.15) is 31.7 Å². The molecule has 2 fully saturated rings. The Bertz CT molecular complexity index is 1030. The molecule has 2 saturated heterocycles. The maximum atomic E-state index is 13.0. The highest BCUT2D eigenvalue weighted by atomic mass is 35.5. The molecule has 2 aliphatic rings. The molecule has 2 aliphatic heterocycles. The zero-order valence-electron chi connectivity index (χ0n) is 15.5. The first-order valence-corrected chi connectivity index (χ1v) is 9.74. The zero-order chi connectivity index (χ0) is 20.0. The number of carbonyl (C=O) groups is 3. The molecule has 2 aromatic rings. The number of piperidine rings is 2. The van der Waals surface area contributed by atoms with Gasteiger partial charge in [0, 0.05) is 32.5 Å². The summed E-state index contributed by atoms with van der Waals surface area (Å²) < 4.78 is 3.03. The second-order valence-electron chi connectivity index (χ2n) is 7.39. The second kappa shape index (κ2) is 7.09. The van der Waals surface area contributed by atoms with Crippen LogP contribution in [-0.2, 0) is 21.4 Å². The van der Waals surface area contributed by atoms with E-state index in [1.54, 1.807) is 11.6 Å². The smallest absolute Gasteiger partial charge is 0.329 e. The van der Waals surface area contributed by atoms with Gasteiger partial charge in [-0.1, -0.05) is 6.07 Å². The molecule has 4 rings (SSSR count). The van der Waals surface area contributed by atoms with E-state index in [1.807, 2.05) is 18.2 Å². The fourth-order valence-corrected chi connectivity index (χ4v) is 4.47. The number of fused-ring (bicyclic) bond motifs is 1. The molecule has 3 heterocycles. The van der Waals surface area contributed by atoms with Gasteiger partial charge in [-0.15, -0.1) is 0 Å². The number of anilines is 1. The number of nitrogens with zero attached hydrogens (tertiary/aromatic N) is 3. The van der Waals surface area contributed by atoms with Gasteiger partial charge in [0.25, 0.3) is 0 Å². The Labute approximate surface area is 166 Å². The van der Waals surface area contributed by atoms with Crippen molar-refractivity contribution in [2.24, 2.45) is 13.0 Å². The molecular formula is C19H21ClN4O4. The van der Waals surface area contributed by atoms with Crippen molar-refractivity contribution in [2.75, 3.05) is 18.0 Å². The van der Waals surface area contributed by atoms with Gasteiger partial charge < -0.3 is 4.90 Å². The predicted molar refractivity (Wildman–Crippen MR) is 104 cm³/mol. The molecule has 2 amide bonds. The lowest BCUT2D eigenvalue weighted by atomic mass is 9.97. The Balaban J connectivity index is 1.76. The van der Waals surface area contributed by atoms with Crippen LogP contribution in [0.5, 0.6) is 0 Å². The molecule has 0 saturated carbocycles. The molecule has 1 unspecified atom stereocenters. The monoisotopic (exact) mass is 404 g/mol. The number of aryl methyl sites for hydroxylation is 1. The molecule has 0 bridgehead atoms. The average molecular weight is 405 g/mol. The summed E-state index contributed by atoms with van der Waals surface area (Å²) in [7, 11) is 1.69. The normalized spacial score (nSPS) is 21.2. The highest BCUT2D eigenvalue weighted by Gasteiger charge is 2.32. The van der Waals surface area contributed by atoms with E-state index in [9.17, 15) is 19.2 Å². The summed E-state index contributed by atoms with van der Waals surface area (Å²) in [6.07, 6.45) is 1.84. The van der Waals surface area contributed by atoms with Crippen molar-refractivity contribution in [2.45, 2.75) is 31.7 Å². The Kier molecular flexibility index (Phi) is 4.74. The van der Waals surface area contributed by atoms with Crippen LogP contribution in [0.4, 0.5) is 5.69 Å². The van der Waals surface area contributed by atoms with Crippen LogP contribution in [0.25, 0.3) is 11.0 Å². The molecule has 0 spiro atoms. The summed E-state index contributed by atoms with van der Waals surface area (Å²) in [5.74, 6) is -0.890. The van der Waals surface area contributed by atoms with E-state index in [1.165, 1.54) is 4.57 Å². The van der Waals surface area contributed by atoms with Crippen molar-refractivity contribution in [1.82, 2.24) is 14.5 Å². The lowest BCUT2D eigenvalue weighted by Gasteiger charge is -2.32. The predicted octanol–water partition coefficient (Wildman–Crippen LogP) is 1.30. The van der Waals surface area contributed by atoms with Crippen molar-refractivity contribution in [3.63, 3.8) is 0 Å². The van der Waals surface area contributed by atoms with Gasteiger partial charge in [-0.25, -0.2) is 4.79 Å². The number of imide groups is 1. The first-order chi connectivity index (χ1) is 13.4. The third-order valence-electron chi connectivity index (χ3n) is 5.76. The number of benzene rings is 1. The summed E-state index contributed by atoms with van der Waals surface area (Å²) in [5.41, 5.74) is 2.01. The van der Waals surface area contributed by atoms with E-state index < -0.39 is 11.9 Å². The summed E-state index contributed by atoms with van der Waals surface area (Å²) in [4.78, 5) is 50.4. The van der Waals surface area contributed by atoms with Gasteiger partial charge in [0.05, 0.1) is 16.7 Å².